The van der Waals surface area contributed by atoms with E-state index >= 15 is 0 Å². The molecule has 2 atom stereocenters. The number of benzene rings is 1. The molecule has 4 heteroatoms. The van der Waals surface area contributed by atoms with Gasteiger partial charge in [0, 0.05) is 6.04 Å². The molecule has 102 valence electrons. The predicted octanol–water partition coefficient (Wildman–Crippen LogP) is 2.20. The third-order valence-electron chi connectivity index (χ3n) is 3.18. The predicted molar refractivity (Wildman–Crippen MR) is 71.7 cm³/mol. The molecule has 18 heavy (non-hydrogen) atoms. The maximum atomic E-state index is 10.1. The maximum absolute atomic E-state index is 10.1. The topological polar surface area (TPSA) is 75.7 Å². The molecule has 4 N–H and O–H groups in total. The molecule has 0 aliphatic carbocycles. The average Bonchev–Trinajstić information content (AvgIpc) is 2.27. The van der Waals surface area contributed by atoms with Crippen LogP contribution in [0.4, 0.5) is 0 Å². The zero-order chi connectivity index (χ0) is 13.9. The Balaban J connectivity index is 2.79. The highest BCUT2D eigenvalue weighted by Gasteiger charge is 2.24. The van der Waals surface area contributed by atoms with E-state index in [4.69, 9.17) is 10.5 Å². The molecular formula is C14H23NO3. The van der Waals surface area contributed by atoms with Gasteiger partial charge in [-0.3, -0.25) is 0 Å². The number of aromatic hydroxyl groups is 1. The minimum absolute atomic E-state index is 0.0263. The highest BCUT2D eigenvalue weighted by Crippen LogP contribution is 2.32. The number of phenols is 1. The summed E-state index contributed by atoms with van der Waals surface area (Å²) in [6, 6.07) is 4.77. The normalized spacial score (nSPS) is 15.2. The van der Waals surface area contributed by atoms with Crippen LogP contribution in [0.3, 0.4) is 0 Å². The molecule has 1 aromatic rings. The number of hydrogen-bond acceptors (Lipinski definition) is 4. The van der Waals surface area contributed by atoms with Crippen molar-refractivity contribution >= 4 is 0 Å². The van der Waals surface area contributed by atoms with Crippen LogP contribution in [0.25, 0.3) is 0 Å². The molecule has 4 nitrogen and oxygen atoms in total. The first-order chi connectivity index (χ1) is 8.25. The van der Waals surface area contributed by atoms with Gasteiger partial charge in [0.2, 0.25) is 0 Å². The van der Waals surface area contributed by atoms with E-state index in [9.17, 15) is 10.2 Å². The summed E-state index contributed by atoms with van der Waals surface area (Å²) in [5.41, 5.74) is 6.62. The minimum Gasteiger partial charge on any atom is -0.504 e. The molecule has 0 fully saturated rings. The van der Waals surface area contributed by atoms with Gasteiger partial charge in [0.1, 0.15) is 0 Å². The molecule has 0 saturated carbocycles. The van der Waals surface area contributed by atoms with E-state index in [0.717, 1.165) is 0 Å². The van der Waals surface area contributed by atoms with Crippen molar-refractivity contribution in [1.29, 1.82) is 0 Å². The van der Waals surface area contributed by atoms with Crippen LogP contribution in [0, 0.1) is 5.41 Å². The highest BCUT2D eigenvalue weighted by atomic mass is 16.5. The number of rotatable bonds is 4. The first kappa shape index (κ1) is 14.8. The minimum atomic E-state index is -0.684. The van der Waals surface area contributed by atoms with Crippen molar-refractivity contribution in [2.45, 2.75) is 39.3 Å². The van der Waals surface area contributed by atoms with Crippen molar-refractivity contribution in [3.8, 4) is 11.5 Å². The standard InChI is InChI=1S/C14H23NO3/c1-14(2,3)13(15)8-10(16)9-5-6-12(18-4)11(17)7-9/h5-7,10,13,16-17H,8,15H2,1-4H3/t10-,13+/m1/s1. The number of phenolic OH excluding ortho intramolecular Hbond substituents is 1. The summed E-state index contributed by atoms with van der Waals surface area (Å²) in [6.45, 7) is 6.11. The number of aliphatic hydroxyl groups excluding tert-OH is 1. The molecule has 0 heterocycles. The quantitative estimate of drug-likeness (QED) is 0.769. The van der Waals surface area contributed by atoms with Crippen LogP contribution >= 0.6 is 0 Å². The van der Waals surface area contributed by atoms with Crippen molar-refractivity contribution in [2.24, 2.45) is 11.1 Å². The molecule has 0 aliphatic heterocycles. The van der Waals surface area contributed by atoms with Crippen LogP contribution in [0.1, 0.15) is 38.9 Å². The third-order valence-corrected chi connectivity index (χ3v) is 3.18. The fraction of sp³-hybridized carbons (Fsp3) is 0.571. The van der Waals surface area contributed by atoms with Crippen molar-refractivity contribution in [3.63, 3.8) is 0 Å². The van der Waals surface area contributed by atoms with Crippen LogP contribution in [0.2, 0.25) is 0 Å². The van der Waals surface area contributed by atoms with E-state index in [-0.39, 0.29) is 17.2 Å². The van der Waals surface area contributed by atoms with Crippen LogP contribution in [-0.2, 0) is 0 Å². The summed E-state index contributed by atoms with van der Waals surface area (Å²) in [6.07, 6.45) is -0.231. The molecule has 0 bridgehead atoms. The van der Waals surface area contributed by atoms with Gasteiger partial charge in [0.25, 0.3) is 0 Å². The Morgan fingerprint density at radius 1 is 1.33 bits per heavy atom. The van der Waals surface area contributed by atoms with Gasteiger partial charge in [-0.1, -0.05) is 26.8 Å². The lowest BCUT2D eigenvalue weighted by molar-refractivity contribution is 0.133. The van der Waals surface area contributed by atoms with Crippen molar-refractivity contribution in [2.75, 3.05) is 7.11 Å². The molecule has 1 rings (SSSR count). The van der Waals surface area contributed by atoms with Crippen molar-refractivity contribution < 1.29 is 14.9 Å². The first-order valence-electron chi connectivity index (χ1n) is 6.06. The number of methoxy groups -OCH3 is 1. The average molecular weight is 253 g/mol. The molecule has 0 saturated heterocycles. The molecule has 1 aromatic carbocycles. The SMILES string of the molecule is COc1ccc([C@H](O)C[C@H](N)C(C)(C)C)cc1O. The third kappa shape index (κ3) is 3.62. The number of nitrogens with two attached hydrogens (primary N) is 1. The largest absolute Gasteiger partial charge is 0.504 e. The summed E-state index contributed by atoms with van der Waals surface area (Å²) in [4.78, 5) is 0. The van der Waals surface area contributed by atoms with Crippen LogP contribution < -0.4 is 10.5 Å². The maximum Gasteiger partial charge on any atom is 0.160 e. The second kappa shape index (κ2) is 5.59. The van der Waals surface area contributed by atoms with Gasteiger partial charge in [0.05, 0.1) is 13.2 Å². The Hall–Kier alpha value is -1.26. The highest BCUT2D eigenvalue weighted by molar-refractivity contribution is 5.42. The Morgan fingerprint density at radius 2 is 1.94 bits per heavy atom. The lowest BCUT2D eigenvalue weighted by Gasteiger charge is -2.29. The van der Waals surface area contributed by atoms with Gasteiger partial charge in [0.15, 0.2) is 11.5 Å². The van der Waals surface area contributed by atoms with Gasteiger partial charge in [-0.05, 0) is 29.5 Å². The summed E-state index contributed by atoms with van der Waals surface area (Å²) < 4.78 is 4.96. The van der Waals surface area contributed by atoms with Gasteiger partial charge < -0.3 is 20.7 Å². The van der Waals surface area contributed by atoms with Gasteiger partial charge in [-0.15, -0.1) is 0 Å². The second-order valence-corrected chi connectivity index (χ2v) is 5.66. The van der Waals surface area contributed by atoms with Crippen LogP contribution in [0.5, 0.6) is 11.5 Å². The Labute approximate surface area is 108 Å². The van der Waals surface area contributed by atoms with E-state index in [1.807, 2.05) is 20.8 Å². The molecular weight excluding hydrogens is 230 g/mol. The fourth-order valence-electron chi connectivity index (χ4n) is 1.64. The lowest BCUT2D eigenvalue weighted by Crippen LogP contribution is -2.36. The number of ether oxygens (including phenoxy) is 1. The smallest absolute Gasteiger partial charge is 0.160 e. The first-order valence-corrected chi connectivity index (χ1v) is 6.06. The zero-order valence-corrected chi connectivity index (χ0v) is 11.5. The number of hydrogen-bond donors (Lipinski definition) is 3. The van der Waals surface area contributed by atoms with E-state index in [0.29, 0.717) is 17.7 Å². The second-order valence-electron chi connectivity index (χ2n) is 5.66. The van der Waals surface area contributed by atoms with Gasteiger partial charge in [-0.2, -0.15) is 0 Å². The molecule has 0 radical (unpaired) electrons. The molecule has 0 unspecified atom stereocenters. The van der Waals surface area contributed by atoms with E-state index < -0.39 is 6.10 Å². The molecule has 0 amide bonds. The van der Waals surface area contributed by atoms with Gasteiger partial charge >= 0.3 is 0 Å². The van der Waals surface area contributed by atoms with E-state index in [1.165, 1.54) is 13.2 Å². The summed E-state index contributed by atoms with van der Waals surface area (Å²) in [5.74, 6) is 0.421. The fourth-order valence-corrected chi connectivity index (χ4v) is 1.64. The Bertz CT molecular complexity index is 399. The zero-order valence-electron chi connectivity index (χ0n) is 11.5. The molecule has 0 spiro atoms. The van der Waals surface area contributed by atoms with Crippen molar-refractivity contribution in [1.82, 2.24) is 0 Å². The molecule has 0 aliphatic rings. The monoisotopic (exact) mass is 253 g/mol. The summed E-state index contributed by atoms with van der Waals surface area (Å²) in [7, 11) is 1.49. The number of aliphatic hydroxyl groups is 1. The summed E-state index contributed by atoms with van der Waals surface area (Å²) in [5, 5.41) is 19.8. The summed E-state index contributed by atoms with van der Waals surface area (Å²) >= 11 is 0. The van der Waals surface area contributed by atoms with Crippen LogP contribution in [-0.4, -0.2) is 23.4 Å². The Kier molecular flexibility index (Phi) is 4.59. The Morgan fingerprint density at radius 3 is 2.39 bits per heavy atom. The van der Waals surface area contributed by atoms with Crippen LogP contribution in [0.15, 0.2) is 18.2 Å². The lowest BCUT2D eigenvalue weighted by atomic mass is 9.83. The van der Waals surface area contributed by atoms with E-state index in [2.05, 4.69) is 0 Å². The van der Waals surface area contributed by atoms with Gasteiger partial charge in [-0.25, -0.2) is 0 Å². The van der Waals surface area contributed by atoms with E-state index in [1.54, 1.807) is 12.1 Å². The molecule has 0 aromatic heterocycles. The van der Waals surface area contributed by atoms with Crippen molar-refractivity contribution in [3.05, 3.63) is 23.8 Å².